The van der Waals surface area contributed by atoms with Crippen LogP contribution in [0.1, 0.15) is 76.7 Å². The van der Waals surface area contributed by atoms with E-state index in [1.165, 1.54) is 57.6 Å². The zero-order valence-electron chi connectivity index (χ0n) is 15.6. The lowest BCUT2D eigenvalue weighted by atomic mass is 10.1. The van der Waals surface area contributed by atoms with E-state index in [9.17, 15) is 14.4 Å². The van der Waals surface area contributed by atoms with Gasteiger partial charge < -0.3 is 4.74 Å². The van der Waals surface area contributed by atoms with Crippen LogP contribution >= 0.6 is 0 Å². The van der Waals surface area contributed by atoms with Gasteiger partial charge >= 0.3 is 11.7 Å². The Balaban J connectivity index is 2.07. The summed E-state index contributed by atoms with van der Waals surface area (Å²) in [6.07, 6.45) is 13.6. The number of hydrogen-bond donors (Lipinski definition) is 1. The molecule has 0 aromatic carbocycles. The van der Waals surface area contributed by atoms with E-state index in [2.05, 4.69) is 11.9 Å². The normalized spacial score (nSPS) is 10.8. The van der Waals surface area contributed by atoms with Crippen LogP contribution < -0.4 is 11.2 Å². The predicted molar refractivity (Wildman–Crippen MR) is 98.9 cm³/mol. The van der Waals surface area contributed by atoms with Crippen LogP contribution in [0.25, 0.3) is 0 Å². The molecule has 6 nitrogen and oxygen atoms in total. The quantitative estimate of drug-likeness (QED) is 0.436. The van der Waals surface area contributed by atoms with E-state index < -0.39 is 17.2 Å². The van der Waals surface area contributed by atoms with Crippen molar-refractivity contribution < 1.29 is 9.53 Å². The van der Waals surface area contributed by atoms with Crippen LogP contribution in [0.2, 0.25) is 0 Å². The molecule has 1 N–H and O–H groups in total. The molecule has 0 saturated heterocycles. The van der Waals surface area contributed by atoms with Gasteiger partial charge in [-0.3, -0.25) is 19.1 Å². The van der Waals surface area contributed by atoms with E-state index in [1.54, 1.807) is 6.92 Å². The second kappa shape index (κ2) is 12.5. The molecule has 0 saturated carbocycles. The van der Waals surface area contributed by atoms with Crippen molar-refractivity contribution in [1.29, 1.82) is 0 Å². The molecule has 0 bridgehead atoms. The molecule has 1 aromatic heterocycles. The van der Waals surface area contributed by atoms with E-state index in [4.69, 9.17) is 4.74 Å². The Hall–Kier alpha value is -1.85. The molecule has 0 radical (unpaired) electrons. The van der Waals surface area contributed by atoms with Crippen molar-refractivity contribution >= 4 is 5.97 Å². The standard InChI is InChI=1S/C19H32N2O4/c1-3-4-5-6-7-8-9-10-11-12-13-25-17(22)15-21-14-16(2)18(23)20-19(21)24/h14H,3-13,15H2,1-2H3,(H,20,23,24). The molecule has 0 aliphatic heterocycles. The maximum atomic E-state index is 11.7. The van der Waals surface area contributed by atoms with Crippen molar-refractivity contribution in [3.63, 3.8) is 0 Å². The van der Waals surface area contributed by atoms with Crippen LogP contribution in [0.4, 0.5) is 0 Å². The second-order valence-electron chi connectivity index (χ2n) is 6.60. The third-order valence-electron chi connectivity index (χ3n) is 4.25. The third kappa shape index (κ3) is 9.27. The minimum atomic E-state index is -0.591. The number of unbranched alkanes of at least 4 members (excludes halogenated alkanes) is 9. The van der Waals surface area contributed by atoms with E-state index in [-0.39, 0.29) is 6.54 Å². The summed E-state index contributed by atoms with van der Waals surface area (Å²) in [5, 5.41) is 0. The Labute approximate surface area is 149 Å². The van der Waals surface area contributed by atoms with E-state index >= 15 is 0 Å². The number of aromatic nitrogens is 2. The summed E-state index contributed by atoms with van der Waals surface area (Å²) in [5.41, 5.74) is -0.631. The Morgan fingerprint density at radius 3 is 2.16 bits per heavy atom. The number of rotatable bonds is 13. The van der Waals surface area contributed by atoms with Gasteiger partial charge in [0.2, 0.25) is 0 Å². The highest BCUT2D eigenvalue weighted by molar-refractivity contribution is 5.69. The minimum Gasteiger partial charge on any atom is -0.464 e. The fourth-order valence-electron chi connectivity index (χ4n) is 2.70. The molecule has 6 heteroatoms. The lowest BCUT2D eigenvalue weighted by Crippen LogP contribution is -2.33. The first kappa shape index (κ1) is 21.2. The number of esters is 1. The summed E-state index contributed by atoms with van der Waals surface area (Å²) in [5.74, 6) is -0.454. The molecule has 0 spiro atoms. The van der Waals surface area contributed by atoms with Crippen molar-refractivity contribution in [2.75, 3.05) is 6.61 Å². The number of carbonyl (C=O) groups excluding carboxylic acids is 1. The molecule has 0 aliphatic carbocycles. The highest BCUT2D eigenvalue weighted by atomic mass is 16.5. The summed E-state index contributed by atoms with van der Waals surface area (Å²) in [6, 6.07) is 0. The van der Waals surface area contributed by atoms with Gasteiger partial charge in [0.25, 0.3) is 5.56 Å². The Kier molecular flexibility index (Phi) is 10.6. The highest BCUT2D eigenvalue weighted by Crippen LogP contribution is 2.10. The number of aromatic amines is 1. The lowest BCUT2D eigenvalue weighted by molar-refractivity contribution is -0.144. The summed E-state index contributed by atoms with van der Waals surface area (Å²) in [7, 11) is 0. The number of hydrogen-bond acceptors (Lipinski definition) is 4. The summed E-state index contributed by atoms with van der Waals surface area (Å²) in [6.45, 7) is 4.03. The summed E-state index contributed by atoms with van der Waals surface area (Å²) >= 11 is 0. The zero-order chi connectivity index (χ0) is 18.5. The molecule has 0 fully saturated rings. The maximum absolute atomic E-state index is 11.7. The average Bonchev–Trinajstić information content (AvgIpc) is 2.57. The van der Waals surface area contributed by atoms with Gasteiger partial charge in [-0.1, -0.05) is 64.7 Å². The lowest BCUT2D eigenvalue weighted by Gasteiger charge is -2.07. The van der Waals surface area contributed by atoms with Gasteiger partial charge in [0.05, 0.1) is 6.61 Å². The van der Waals surface area contributed by atoms with Crippen LogP contribution in [0.5, 0.6) is 0 Å². The molecular weight excluding hydrogens is 320 g/mol. The second-order valence-corrected chi connectivity index (χ2v) is 6.60. The predicted octanol–water partition coefficient (Wildman–Crippen LogP) is 3.31. The van der Waals surface area contributed by atoms with Crippen LogP contribution in [-0.4, -0.2) is 22.1 Å². The van der Waals surface area contributed by atoms with Gasteiger partial charge in [-0.25, -0.2) is 4.79 Å². The average molecular weight is 352 g/mol. The van der Waals surface area contributed by atoms with Crippen LogP contribution in [-0.2, 0) is 16.1 Å². The Morgan fingerprint density at radius 1 is 1.00 bits per heavy atom. The van der Waals surface area contributed by atoms with Gasteiger partial charge in [-0.15, -0.1) is 0 Å². The molecule has 0 aliphatic rings. The molecule has 25 heavy (non-hydrogen) atoms. The first-order valence-corrected chi connectivity index (χ1v) is 9.50. The molecule has 1 rings (SSSR count). The van der Waals surface area contributed by atoms with E-state index in [0.717, 1.165) is 17.4 Å². The number of H-pyrrole nitrogens is 1. The zero-order valence-corrected chi connectivity index (χ0v) is 15.6. The van der Waals surface area contributed by atoms with Crippen molar-refractivity contribution in [3.8, 4) is 0 Å². The van der Waals surface area contributed by atoms with Crippen LogP contribution in [0, 0.1) is 6.92 Å². The van der Waals surface area contributed by atoms with Crippen molar-refractivity contribution in [2.45, 2.75) is 84.6 Å². The molecule has 0 atom stereocenters. The first-order valence-electron chi connectivity index (χ1n) is 9.50. The van der Waals surface area contributed by atoms with Crippen molar-refractivity contribution in [2.24, 2.45) is 0 Å². The minimum absolute atomic E-state index is 0.172. The van der Waals surface area contributed by atoms with Crippen LogP contribution in [0.15, 0.2) is 15.8 Å². The maximum Gasteiger partial charge on any atom is 0.328 e. The number of carbonyl (C=O) groups is 1. The third-order valence-corrected chi connectivity index (χ3v) is 4.25. The van der Waals surface area contributed by atoms with Gasteiger partial charge in [-0.05, 0) is 13.3 Å². The molecule has 142 valence electrons. The molecule has 1 aromatic rings. The monoisotopic (exact) mass is 352 g/mol. The van der Waals surface area contributed by atoms with E-state index in [1.807, 2.05) is 0 Å². The van der Waals surface area contributed by atoms with Gasteiger partial charge in [0, 0.05) is 11.8 Å². The Bertz CT molecular complexity index is 619. The fourth-order valence-corrected chi connectivity index (χ4v) is 2.70. The number of ether oxygens (including phenoxy) is 1. The van der Waals surface area contributed by atoms with Gasteiger partial charge in [0.15, 0.2) is 0 Å². The highest BCUT2D eigenvalue weighted by Gasteiger charge is 2.07. The topological polar surface area (TPSA) is 81.2 Å². The van der Waals surface area contributed by atoms with Gasteiger partial charge in [-0.2, -0.15) is 0 Å². The number of nitrogens with zero attached hydrogens (tertiary/aromatic N) is 1. The van der Waals surface area contributed by atoms with Crippen molar-refractivity contribution in [1.82, 2.24) is 9.55 Å². The summed E-state index contributed by atoms with van der Waals surface area (Å²) in [4.78, 5) is 36.8. The van der Waals surface area contributed by atoms with E-state index in [0.29, 0.717) is 12.2 Å². The van der Waals surface area contributed by atoms with Crippen LogP contribution in [0.3, 0.4) is 0 Å². The summed E-state index contributed by atoms with van der Waals surface area (Å²) < 4.78 is 6.32. The molecule has 1 heterocycles. The molecule has 0 amide bonds. The molecule has 0 unspecified atom stereocenters. The van der Waals surface area contributed by atoms with Gasteiger partial charge in [0.1, 0.15) is 6.54 Å². The number of aryl methyl sites for hydroxylation is 1. The molecular formula is C19H32N2O4. The largest absolute Gasteiger partial charge is 0.464 e. The SMILES string of the molecule is CCCCCCCCCCCCOC(=O)Cn1cc(C)c(=O)[nH]c1=O. The Morgan fingerprint density at radius 2 is 1.56 bits per heavy atom. The smallest absolute Gasteiger partial charge is 0.328 e. The fraction of sp³-hybridized carbons (Fsp3) is 0.737. The van der Waals surface area contributed by atoms with Crippen molar-refractivity contribution in [3.05, 3.63) is 32.6 Å². The first-order chi connectivity index (χ1) is 12.0. The number of nitrogens with one attached hydrogen (secondary N) is 1.